The molecule has 4 rings (SSSR count). The van der Waals surface area contributed by atoms with Crippen molar-refractivity contribution < 1.29 is 0 Å². The van der Waals surface area contributed by atoms with Gasteiger partial charge in [0.25, 0.3) is 0 Å². The third-order valence-electron chi connectivity index (χ3n) is 5.33. The van der Waals surface area contributed by atoms with Gasteiger partial charge in [0.15, 0.2) is 0 Å². The van der Waals surface area contributed by atoms with E-state index < -0.39 is 5.54 Å². The minimum absolute atomic E-state index is 0.432. The maximum atomic E-state index is 6.69. The Morgan fingerprint density at radius 3 is 1.96 bits per heavy atom. The van der Waals surface area contributed by atoms with E-state index in [0.29, 0.717) is 0 Å². The van der Waals surface area contributed by atoms with Gasteiger partial charge in [0.2, 0.25) is 0 Å². The maximum Gasteiger partial charge on any atom is 0.0636 e. The third-order valence-corrected chi connectivity index (χ3v) is 5.33. The van der Waals surface area contributed by atoms with Gasteiger partial charge in [-0.25, -0.2) is 0 Å². The molecule has 1 atom stereocenters. The third kappa shape index (κ3) is 3.44. The van der Waals surface area contributed by atoms with E-state index >= 15 is 0 Å². The molecule has 0 aromatic heterocycles. The number of aryl methyl sites for hydroxylation is 1. The van der Waals surface area contributed by atoms with Gasteiger partial charge in [0, 0.05) is 5.69 Å². The molecule has 0 radical (unpaired) electrons. The molecule has 0 heterocycles. The van der Waals surface area contributed by atoms with Crippen molar-refractivity contribution in [3.05, 3.63) is 108 Å². The minimum Gasteiger partial charge on any atom is -0.399 e. The van der Waals surface area contributed by atoms with Crippen LogP contribution in [-0.2, 0) is 5.54 Å². The summed E-state index contributed by atoms with van der Waals surface area (Å²) in [5, 5.41) is 0. The summed E-state index contributed by atoms with van der Waals surface area (Å²) in [7, 11) is 0. The Hall–Kier alpha value is -3.10. The summed E-state index contributed by atoms with van der Waals surface area (Å²) in [6.45, 7) is 2.12. The van der Waals surface area contributed by atoms with E-state index in [-0.39, 0.29) is 0 Å². The molecule has 0 saturated carbocycles. The van der Waals surface area contributed by atoms with Gasteiger partial charge in [0.1, 0.15) is 0 Å². The van der Waals surface area contributed by atoms with Crippen molar-refractivity contribution >= 4 is 11.3 Å². The number of allylic oxidation sites excluding steroid dienone is 2. The Kier molecular flexibility index (Phi) is 4.43. The zero-order valence-electron chi connectivity index (χ0n) is 15.5. The van der Waals surface area contributed by atoms with Crippen molar-refractivity contribution in [3.63, 3.8) is 0 Å². The van der Waals surface area contributed by atoms with Gasteiger partial charge in [-0.1, -0.05) is 78.9 Å². The second-order valence-corrected chi connectivity index (χ2v) is 7.25. The fourth-order valence-corrected chi connectivity index (χ4v) is 3.69. The number of nitrogen functional groups attached to an aromatic ring is 1. The van der Waals surface area contributed by atoms with Crippen LogP contribution in [0.4, 0.5) is 5.69 Å². The lowest BCUT2D eigenvalue weighted by Crippen LogP contribution is -2.35. The molecule has 0 saturated heterocycles. The topological polar surface area (TPSA) is 52.0 Å². The molecule has 2 heteroatoms. The van der Waals surface area contributed by atoms with Crippen LogP contribution in [0.5, 0.6) is 0 Å². The van der Waals surface area contributed by atoms with E-state index in [9.17, 15) is 0 Å². The molecule has 134 valence electrons. The Morgan fingerprint density at radius 1 is 0.778 bits per heavy atom. The first kappa shape index (κ1) is 17.3. The van der Waals surface area contributed by atoms with Gasteiger partial charge >= 0.3 is 0 Å². The molecule has 0 spiro atoms. The average Bonchev–Trinajstić information content (AvgIpc) is 2.70. The van der Waals surface area contributed by atoms with E-state index in [4.69, 9.17) is 11.5 Å². The first-order chi connectivity index (χ1) is 13.0. The van der Waals surface area contributed by atoms with Gasteiger partial charge in [-0.2, -0.15) is 0 Å². The molecule has 27 heavy (non-hydrogen) atoms. The SMILES string of the molecule is Cc1ccccc1C1(N)C=CC(c2ccc(-c3ccc(N)cc3)cc2)=CC1. The molecule has 0 fully saturated rings. The second-order valence-electron chi connectivity index (χ2n) is 7.25. The Balaban J connectivity index is 1.55. The van der Waals surface area contributed by atoms with Crippen LogP contribution in [0.25, 0.3) is 16.7 Å². The lowest BCUT2D eigenvalue weighted by atomic mass is 9.80. The van der Waals surface area contributed by atoms with E-state index in [1.165, 1.54) is 33.4 Å². The van der Waals surface area contributed by atoms with Gasteiger partial charge < -0.3 is 11.5 Å². The molecule has 3 aromatic rings. The molecule has 1 aliphatic rings. The van der Waals surface area contributed by atoms with E-state index in [1.54, 1.807) is 0 Å². The maximum absolute atomic E-state index is 6.69. The zero-order chi connectivity index (χ0) is 18.9. The number of hydrogen-bond acceptors (Lipinski definition) is 2. The molecule has 1 unspecified atom stereocenters. The van der Waals surface area contributed by atoms with E-state index in [0.717, 1.165) is 12.1 Å². The van der Waals surface area contributed by atoms with Crippen LogP contribution in [-0.4, -0.2) is 0 Å². The average molecular weight is 352 g/mol. The molecule has 1 aliphatic carbocycles. The molecule has 0 aliphatic heterocycles. The first-order valence-electron chi connectivity index (χ1n) is 9.26. The van der Waals surface area contributed by atoms with Crippen molar-refractivity contribution in [2.75, 3.05) is 5.73 Å². The summed E-state index contributed by atoms with van der Waals surface area (Å²) in [4.78, 5) is 0. The summed E-state index contributed by atoms with van der Waals surface area (Å²) in [6, 6.07) is 25.0. The van der Waals surface area contributed by atoms with Crippen LogP contribution >= 0.6 is 0 Å². The summed E-state index contributed by atoms with van der Waals surface area (Å²) in [6.07, 6.45) is 7.32. The van der Waals surface area contributed by atoms with Gasteiger partial charge in [-0.05, 0) is 58.9 Å². The number of hydrogen-bond donors (Lipinski definition) is 2. The summed E-state index contributed by atoms with van der Waals surface area (Å²) in [5.41, 5.74) is 20.0. The van der Waals surface area contributed by atoms with Gasteiger partial charge in [-0.3, -0.25) is 0 Å². The van der Waals surface area contributed by atoms with Crippen LogP contribution < -0.4 is 11.5 Å². The highest BCUT2D eigenvalue weighted by Crippen LogP contribution is 2.34. The summed E-state index contributed by atoms with van der Waals surface area (Å²) in [5.74, 6) is 0. The van der Waals surface area contributed by atoms with Gasteiger partial charge in [0.05, 0.1) is 5.54 Å². The molecule has 3 aromatic carbocycles. The highest BCUT2D eigenvalue weighted by atomic mass is 14.7. The number of nitrogens with two attached hydrogens (primary N) is 2. The molecule has 0 bridgehead atoms. The van der Waals surface area contributed by atoms with E-state index in [1.807, 2.05) is 12.1 Å². The highest BCUT2D eigenvalue weighted by molar-refractivity contribution is 5.77. The monoisotopic (exact) mass is 352 g/mol. The molecule has 2 nitrogen and oxygen atoms in total. The van der Waals surface area contributed by atoms with Gasteiger partial charge in [-0.15, -0.1) is 0 Å². The molecular formula is C25H24N2. The van der Waals surface area contributed by atoms with Crippen LogP contribution in [0, 0.1) is 6.92 Å². The van der Waals surface area contributed by atoms with Crippen molar-refractivity contribution in [3.8, 4) is 11.1 Å². The second kappa shape index (κ2) is 6.90. The van der Waals surface area contributed by atoms with Crippen molar-refractivity contribution in [2.45, 2.75) is 18.9 Å². The Morgan fingerprint density at radius 2 is 1.37 bits per heavy atom. The predicted molar refractivity (Wildman–Crippen MR) is 115 cm³/mol. The van der Waals surface area contributed by atoms with Crippen LogP contribution in [0.3, 0.4) is 0 Å². The highest BCUT2D eigenvalue weighted by Gasteiger charge is 2.27. The summed E-state index contributed by atoms with van der Waals surface area (Å²) >= 11 is 0. The lowest BCUT2D eigenvalue weighted by molar-refractivity contribution is 0.563. The minimum atomic E-state index is -0.432. The fourth-order valence-electron chi connectivity index (χ4n) is 3.69. The first-order valence-corrected chi connectivity index (χ1v) is 9.26. The van der Waals surface area contributed by atoms with Crippen molar-refractivity contribution in [1.82, 2.24) is 0 Å². The van der Waals surface area contributed by atoms with Crippen molar-refractivity contribution in [1.29, 1.82) is 0 Å². The molecule has 4 N–H and O–H groups in total. The normalized spacial score (nSPS) is 19.0. The number of rotatable bonds is 3. The zero-order valence-corrected chi connectivity index (χ0v) is 15.5. The lowest BCUT2D eigenvalue weighted by Gasteiger charge is -2.30. The van der Waals surface area contributed by atoms with Crippen molar-refractivity contribution in [2.24, 2.45) is 5.73 Å². The van der Waals surface area contributed by atoms with Crippen LogP contribution in [0.15, 0.2) is 91.0 Å². The number of anilines is 1. The summed E-state index contributed by atoms with van der Waals surface area (Å²) < 4.78 is 0. The smallest absolute Gasteiger partial charge is 0.0636 e. The standard InChI is InChI=1S/C25H24N2/c1-18-4-2-3-5-24(18)25(27)16-14-22(15-17-25)20-8-6-19(7-9-20)21-10-12-23(26)13-11-21/h2-16H,17,26-27H2,1H3. The van der Waals surface area contributed by atoms with Crippen LogP contribution in [0.2, 0.25) is 0 Å². The largest absolute Gasteiger partial charge is 0.399 e. The molecule has 0 amide bonds. The quantitative estimate of drug-likeness (QED) is 0.617. The molecular weight excluding hydrogens is 328 g/mol. The fraction of sp³-hybridized carbons (Fsp3) is 0.120. The Bertz CT molecular complexity index is 1010. The predicted octanol–water partition coefficient (Wildman–Crippen LogP) is 5.44. The van der Waals surface area contributed by atoms with E-state index in [2.05, 4.69) is 85.8 Å². The Labute approximate surface area is 160 Å². The number of benzene rings is 3. The van der Waals surface area contributed by atoms with Crippen LogP contribution in [0.1, 0.15) is 23.1 Å².